The van der Waals surface area contributed by atoms with Crippen LogP contribution >= 0.6 is 12.4 Å². The monoisotopic (exact) mass is 335 g/mol. The van der Waals surface area contributed by atoms with Gasteiger partial charge in [0.1, 0.15) is 0 Å². The number of rotatable bonds is 5. The topological polar surface area (TPSA) is 62.4 Å². The standard InChI is InChI=1S/C18H25N3O.ClH/c19-15-5-7-16(8-6-15)21(11-2-12-22)18-4-1-3-14-13-20-10-9-17(14)18;/h1,3-4,9-10,13,15-16,22H,2,5-8,11-12,19H2;1H/t15-,16-;. The molecule has 5 heteroatoms. The summed E-state index contributed by atoms with van der Waals surface area (Å²) in [6.45, 7) is 1.12. The normalized spacial score (nSPS) is 21.0. The molecule has 0 spiro atoms. The van der Waals surface area contributed by atoms with E-state index in [1.807, 2.05) is 12.4 Å². The van der Waals surface area contributed by atoms with Crippen LogP contribution in [-0.4, -0.2) is 35.3 Å². The maximum atomic E-state index is 9.26. The number of pyridine rings is 1. The Balaban J connectivity index is 0.00000192. The minimum atomic E-state index is 0. The van der Waals surface area contributed by atoms with Gasteiger partial charge in [-0.3, -0.25) is 4.98 Å². The highest BCUT2D eigenvalue weighted by Crippen LogP contribution is 2.32. The zero-order valence-corrected chi connectivity index (χ0v) is 14.2. The Morgan fingerprint density at radius 3 is 2.70 bits per heavy atom. The van der Waals surface area contributed by atoms with Gasteiger partial charge in [-0.15, -0.1) is 12.4 Å². The summed E-state index contributed by atoms with van der Waals surface area (Å²) in [6.07, 6.45) is 9.01. The molecule has 0 radical (unpaired) electrons. The highest BCUT2D eigenvalue weighted by atomic mass is 35.5. The van der Waals surface area contributed by atoms with E-state index in [4.69, 9.17) is 5.73 Å². The molecule has 0 aliphatic heterocycles. The van der Waals surface area contributed by atoms with Crippen LogP contribution in [-0.2, 0) is 0 Å². The zero-order valence-electron chi connectivity index (χ0n) is 13.4. The number of aliphatic hydroxyl groups excluding tert-OH is 1. The molecular weight excluding hydrogens is 310 g/mol. The molecule has 4 nitrogen and oxygen atoms in total. The lowest BCUT2D eigenvalue weighted by molar-refractivity contribution is 0.284. The third-order valence-corrected chi connectivity index (χ3v) is 4.71. The molecule has 0 unspecified atom stereocenters. The Hall–Kier alpha value is -1.36. The van der Waals surface area contributed by atoms with Crippen LogP contribution in [0.3, 0.4) is 0 Å². The molecule has 0 bridgehead atoms. The zero-order chi connectivity index (χ0) is 15.4. The van der Waals surface area contributed by atoms with Gasteiger partial charge in [0, 0.05) is 54.1 Å². The van der Waals surface area contributed by atoms with E-state index in [1.165, 1.54) is 16.5 Å². The van der Waals surface area contributed by atoms with Crippen LogP contribution in [0.2, 0.25) is 0 Å². The predicted octanol–water partition coefficient (Wildman–Crippen LogP) is 3.12. The Kier molecular flexibility index (Phi) is 6.63. The van der Waals surface area contributed by atoms with E-state index >= 15 is 0 Å². The maximum Gasteiger partial charge on any atom is 0.0449 e. The van der Waals surface area contributed by atoms with Crippen LogP contribution in [0.15, 0.2) is 36.7 Å². The van der Waals surface area contributed by atoms with E-state index in [2.05, 4.69) is 34.1 Å². The van der Waals surface area contributed by atoms with Gasteiger partial charge in [-0.2, -0.15) is 0 Å². The number of nitrogens with zero attached hydrogens (tertiary/aromatic N) is 2. The minimum Gasteiger partial charge on any atom is -0.396 e. The van der Waals surface area contributed by atoms with Crippen molar-refractivity contribution in [1.29, 1.82) is 0 Å². The van der Waals surface area contributed by atoms with Crippen LogP contribution in [0.1, 0.15) is 32.1 Å². The van der Waals surface area contributed by atoms with E-state index in [0.29, 0.717) is 12.1 Å². The first-order valence-corrected chi connectivity index (χ1v) is 8.25. The number of benzene rings is 1. The molecule has 0 amide bonds. The van der Waals surface area contributed by atoms with Gasteiger partial charge >= 0.3 is 0 Å². The van der Waals surface area contributed by atoms with Crippen molar-refractivity contribution in [3.8, 4) is 0 Å². The fraction of sp³-hybridized carbons (Fsp3) is 0.500. The number of anilines is 1. The summed E-state index contributed by atoms with van der Waals surface area (Å²) in [6, 6.07) is 9.35. The summed E-state index contributed by atoms with van der Waals surface area (Å²) < 4.78 is 0. The molecular formula is C18H26ClN3O. The first-order chi connectivity index (χ1) is 10.8. The molecule has 23 heavy (non-hydrogen) atoms. The van der Waals surface area contributed by atoms with Crippen molar-refractivity contribution in [1.82, 2.24) is 4.98 Å². The van der Waals surface area contributed by atoms with E-state index in [1.54, 1.807) is 0 Å². The van der Waals surface area contributed by atoms with Gasteiger partial charge < -0.3 is 15.7 Å². The van der Waals surface area contributed by atoms with Crippen LogP contribution in [0.4, 0.5) is 5.69 Å². The number of aliphatic hydroxyl groups is 1. The third kappa shape index (κ3) is 4.14. The number of halogens is 1. The number of nitrogens with two attached hydrogens (primary N) is 1. The second-order valence-electron chi connectivity index (χ2n) is 6.21. The van der Waals surface area contributed by atoms with Crippen molar-refractivity contribution < 1.29 is 5.11 Å². The van der Waals surface area contributed by atoms with Gasteiger partial charge in [0.05, 0.1) is 0 Å². The fourth-order valence-corrected chi connectivity index (χ4v) is 3.51. The Bertz CT molecular complexity index is 609. The van der Waals surface area contributed by atoms with Crippen molar-refractivity contribution in [3.05, 3.63) is 36.7 Å². The molecule has 3 N–H and O–H groups in total. The first-order valence-electron chi connectivity index (χ1n) is 8.25. The SMILES string of the molecule is Cl.N[C@H]1CC[C@H](N(CCCO)c2cccc3cnccc23)CC1. The lowest BCUT2D eigenvalue weighted by Gasteiger charge is -2.38. The molecule has 1 aromatic heterocycles. The van der Waals surface area contributed by atoms with Gasteiger partial charge in [0.2, 0.25) is 0 Å². The van der Waals surface area contributed by atoms with E-state index < -0.39 is 0 Å². The van der Waals surface area contributed by atoms with Crippen molar-refractivity contribution in [3.63, 3.8) is 0 Å². The van der Waals surface area contributed by atoms with Crippen molar-refractivity contribution in [2.75, 3.05) is 18.1 Å². The molecule has 126 valence electrons. The van der Waals surface area contributed by atoms with Gasteiger partial charge in [0.25, 0.3) is 0 Å². The summed E-state index contributed by atoms with van der Waals surface area (Å²) in [7, 11) is 0. The highest BCUT2D eigenvalue weighted by Gasteiger charge is 2.25. The Morgan fingerprint density at radius 1 is 1.17 bits per heavy atom. The lowest BCUT2D eigenvalue weighted by atomic mass is 9.90. The summed E-state index contributed by atoms with van der Waals surface area (Å²) in [4.78, 5) is 6.70. The van der Waals surface area contributed by atoms with Crippen LogP contribution in [0, 0.1) is 0 Å². The van der Waals surface area contributed by atoms with Crippen molar-refractivity contribution in [2.24, 2.45) is 5.73 Å². The van der Waals surface area contributed by atoms with Gasteiger partial charge in [-0.05, 0) is 44.2 Å². The molecule has 3 rings (SSSR count). The highest BCUT2D eigenvalue weighted by molar-refractivity contribution is 5.93. The fourth-order valence-electron chi connectivity index (χ4n) is 3.51. The molecule has 0 saturated heterocycles. The second-order valence-corrected chi connectivity index (χ2v) is 6.21. The van der Waals surface area contributed by atoms with Gasteiger partial charge in [0.15, 0.2) is 0 Å². The number of hydrogen-bond acceptors (Lipinski definition) is 4. The third-order valence-electron chi connectivity index (χ3n) is 4.71. The summed E-state index contributed by atoms with van der Waals surface area (Å²) in [5.74, 6) is 0. The molecule has 2 aromatic rings. The van der Waals surface area contributed by atoms with E-state index in [9.17, 15) is 5.11 Å². The molecule has 1 aliphatic rings. The molecule has 0 atom stereocenters. The lowest BCUT2D eigenvalue weighted by Crippen LogP contribution is -2.41. The quantitative estimate of drug-likeness (QED) is 0.881. The Labute approximate surface area is 144 Å². The van der Waals surface area contributed by atoms with Crippen molar-refractivity contribution in [2.45, 2.75) is 44.2 Å². The molecule has 1 heterocycles. The van der Waals surface area contributed by atoms with Crippen LogP contribution in [0.5, 0.6) is 0 Å². The molecule has 1 aliphatic carbocycles. The number of hydrogen-bond donors (Lipinski definition) is 2. The molecule has 1 fully saturated rings. The van der Waals surface area contributed by atoms with Gasteiger partial charge in [-0.1, -0.05) is 12.1 Å². The Morgan fingerprint density at radius 2 is 1.96 bits per heavy atom. The second kappa shape index (κ2) is 8.48. The average molecular weight is 336 g/mol. The maximum absolute atomic E-state index is 9.26. The average Bonchev–Trinajstić information content (AvgIpc) is 2.57. The summed E-state index contributed by atoms with van der Waals surface area (Å²) >= 11 is 0. The number of aromatic nitrogens is 1. The smallest absolute Gasteiger partial charge is 0.0449 e. The van der Waals surface area contributed by atoms with E-state index in [0.717, 1.165) is 38.6 Å². The van der Waals surface area contributed by atoms with Gasteiger partial charge in [-0.25, -0.2) is 0 Å². The van der Waals surface area contributed by atoms with Crippen molar-refractivity contribution >= 4 is 28.9 Å². The first kappa shape index (κ1) is 18.0. The summed E-state index contributed by atoms with van der Waals surface area (Å²) in [5, 5.41) is 11.7. The van der Waals surface area contributed by atoms with Crippen LogP contribution in [0.25, 0.3) is 10.8 Å². The van der Waals surface area contributed by atoms with E-state index in [-0.39, 0.29) is 19.0 Å². The number of fused-ring (bicyclic) bond motifs is 1. The molecule has 1 saturated carbocycles. The minimum absolute atomic E-state index is 0. The van der Waals surface area contributed by atoms with Crippen LogP contribution < -0.4 is 10.6 Å². The molecule has 1 aromatic carbocycles. The predicted molar refractivity (Wildman–Crippen MR) is 98.3 cm³/mol. The largest absolute Gasteiger partial charge is 0.396 e. The summed E-state index contributed by atoms with van der Waals surface area (Å²) in [5.41, 5.74) is 7.32.